The molecule has 0 radical (unpaired) electrons. The number of halogens is 2. The third-order valence-corrected chi connectivity index (χ3v) is 10.5. The summed E-state index contributed by atoms with van der Waals surface area (Å²) in [5, 5.41) is 22.7. The second-order valence-corrected chi connectivity index (χ2v) is 14.5. The second kappa shape index (κ2) is 11.5. The van der Waals surface area contributed by atoms with Gasteiger partial charge < -0.3 is 4.74 Å². The van der Waals surface area contributed by atoms with E-state index in [4.69, 9.17) is 10.1 Å². The van der Waals surface area contributed by atoms with Crippen molar-refractivity contribution in [2.75, 3.05) is 6.26 Å². The molecule has 2 N–H and O–H groups in total. The second-order valence-electron chi connectivity index (χ2n) is 9.58. The highest BCUT2D eigenvalue weighted by molar-refractivity contribution is 9.10. The van der Waals surface area contributed by atoms with E-state index in [0.717, 1.165) is 40.1 Å². The van der Waals surface area contributed by atoms with Gasteiger partial charge in [-0.3, -0.25) is 25.4 Å². The summed E-state index contributed by atoms with van der Waals surface area (Å²) >= 11 is 5.46. The molecule has 2 aromatic heterocycles. The summed E-state index contributed by atoms with van der Waals surface area (Å²) in [4.78, 5) is 27.6. The van der Waals surface area contributed by atoms with Crippen molar-refractivity contribution in [3.63, 3.8) is 0 Å². The number of thioether (sulfide) groups is 1. The highest BCUT2D eigenvalue weighted by Gasteiger charge is 2.32. The third-order valence-electron chi connectivity index (χ3n) is 5.58. The molecule has 11 nitrogen and oxygen atoms in total. The average molecular weight is 685 g/mol. The number of sulfone groups is 1. The Hall–Kier alpha value is -3.34. The van der Waals surface area contributed by atoms with Gasteiger partial charge in [0.2, 0.25) is 9.84 Å². The first-order valence-electron chi connectivity index (χ1n) is 11.7. The van der Waals surface area contributed by atoms with Crippen molar-refractivity contribution in [2.45, 2.75) is 46.5 Å². The maximum Gasteiger partial charge on any atom is 0.413 e. The Labute approximate surface area is 250 Å². The fraction of sp³-hybridized carbons (Fsp3) is 0.240. The minimum Gasteiger partial charge on any atom is -0.444 e. The molecular weight excluding hydrogens is 661 g/mol. The number of alkyl carbamates (subject to hydrolysis) is 1. The molecule has 0 spiro atoms. The smallest absolute Gasteiger partial charge is 0.413 e. The number of hydrogen-bond acceptors (Lipinski definition) is 10. The molecule has 0 bridgehead atoms. The van der Waals surface area contributed by atoms with Gasteiger partial charge in [0.05, 0.1) is 34.9 Å². The summed E-state index contributed by atoms with van der Waals surface area (Å²) in [5.74, 6) is -1.13. The van der Waals surface area contributed by atoms with Crippen molar-refractivity contribution in [3.05, 3.63) is 79.6 Å². The largest absolute Gasteiger partial charge is 0.444 e. The van der Waals surface area contributed by atoms with Crippen molar-refractivity contribution in [3.8, 4) is 0 Å². The van der Waals surface area contributed by atoms with Crippen LogP contribution < -0.4 is 5.32 Å². The number of amides is 1. The van der Waals surface area contributed by atoms with Gasteiger partial charge in [-0.05, 0) is 73.3 Å². The van der Waals surface area contributed by atoms with Gasteiger partial charge in [-0.25, -0.2) is 22.6 Å². The molecule has 16 heteroatoms. The zero-order valence-electron chi connectivity index (χ0n) is 22.0. The lowest BCUT2D eigenvalue weighted by Crippen LogP contribution is -2.36. The number of benzene rings is 2. The molecule has 0 saturated carbocycles. The van der Waals surface area contributed by atoms with Gasteiger partial charge >= 0.3 is 12.3 Å². The Balaban J connectivity index is 1.79. The van der Waals surface area contributed by atoms with Crippen LogP contribution in [0.1, 0.15) is 37.4 Å². The van der Waals surface area contributed by atoms with Gasteiger partial charge in [0, 0.05) is 4.47 Å². The molecule has 0 aliphatic heterocycles. The molecule has 4 rings (SSSR count). The maximum atomic E-state index is 14.6. The van der Waals surface area contributed by atoms with E-state index in [1.165, 1.54) is 36.4 Å². The number of hydrogen-bond donors (Lipinski definition) is 2. The van der Waals surface area contributed by atoms with E-state index in [2.05, 4.69) is 26.2 Å². The molecule has 216 valence electrons. The van der Waals surface area contributed by atoms with Crippen LogP contribution in [0, 0.1) is 21.3 Å². The first-order chi connectivity index (χ1) is 19.1. The predicted octanol–water partition coefficient (Wildman–Crippen LogP) is 6.23. The number of rotatable bonds is 7. The van der Waals surface area contributed by atoms with Gasteiger partial charge in [-0.2, -0.15) is 0 Å². The van der Waals surface area contributed by atoms with Gasteiger partial charge in [0.1, 0.15) is 29.1 Å². The molecule has 0 aliphatic rings. The van der Waals surface area contributed by atoms with Crippen LogP contribution in [-0.4, -0.2) is 46.7 Å². The van der Waals surface area contributed by atoms with Gasteiger partial charge in [-0.1, -0.05) is 12.1 Å². The Bertz CT molecular complexity index is 1800. The van der Waals surface area contributed by atoms with E-state index in [1.807, 2.05) is 0 Å². The van der Waals surface area contributed by atoms with Crippen molar-refractivity contribution >= 4 is 71.8 Å². The van der Waals surface area contributed by atoms with E-state index >= 15 is 0 Å². The maximum absolute atomic E-state index is 14.6. The van der Waals surface area contributed by atoms with E-state index in [1.54, 1.807) is 27.0 Å². The first kappa shape index (κ1) is 30.6. The number of nitrogens with zero attached hydrogens (tertiary/aromatic N) is 3. The summed E-state index contributed by atoms with van der Waals surface area (Å²) in [5.41, 5.74) is -0.683. The fourth-order valence-corrected chi connectivity index (χ4v) is 8.52. The van der Waals surface area contributed by atoms with Crippen molar-refractivity contribution < 1.29 is 27.3 Å². The average Bonchev–Trinajstić information content (AvgIpc) is 3.50. The predicted molar refractivity (Wildman–Crippen MR) is 157 cm³/mol. The fourth-order valence-electron chi connectivity index (χ4n) is 3.87. The minimum atomic E-state index is -4.25. The number of carbonyl (C=O) groups excluding carboxylic acids is 1. The Morgan fingerprint density at radius 3 is 2.59 bits per heavy atom. The third kappa shape index (κ3) is 6.29. The topological polar surface area (TPSA) is 157 Å². The number of amidine groups is 1. The van der Waals surface area contributed by atoms with E-state index in [0.29, 0.717) is 4.21 Å². The van der Waals surface area contributed by atoms with Crippen LogP contribution in [0.2, 0.25) is 0 Å². The van der Waals surface area contributed by atoms with Crippen LogP contribution >= 0.6 is 39.0 Å². The highest BCUT2D eigenvalue weighted by Crippen LogP contribution is 2.39. The van der Waals surface area contributed by atoms with Crippen LogP contribution in [0.5, 0.6) is 0 Å². The van der Waals surface area contributed by atoms with E-state index in [9.17, 15) is 27.7 Å². The molecule has 0 saturated heterocycles. The number of nitro groups is 1. The van der Waals surface area contributed by atoms with Gasteiger partial charge in [0.15, 0.2) is 0 Å². The number of ether oxygens (including phenoxy) is 1. The number of carbonyl (C=O) groups is 1. The Morgan fingerprint density at radius 2 is 1.98 bits per heavy atom. The summed E-state index contributed by atoms with van der Waals surface area (Å²) in [6.45, 7) is 5.01. The summed E-state index contributed by atoms with van der Waals surface area (Å²) in [6, 6.07) is 9.10. The molecule has 41 heavy (non-hydrogen) atoms. The summed E-state index contributed by atoms with van der Waals surface area (Å²) in [7, 11) is -4.25. The lowest BCUT2D eigenvalue weighted by Gasteiger charge is -2.19. The number of imidazole rings is 1. The van der Waals surface area contributed by atoms with Crippen LogP contribution in [-0.2, 0) is 14.6 Å². The van der Waals surface area contributed by atoms with Crippen LogP contribution in [0.15, 0.2) is 67.3 Å². The lowest BCUT2D eigenvalue weighted by atomic mass is 10.1. The normalized spacial score (nSPS) is 12.7. The van der Waals surface area contributed by atoms with Crippen LogP contribution in [0.4, 0.5) is 9.18 Å². The lowest BCUT2D eigenvalue weighted by molar-refractivity contribution is -0.535. The summed E-state index contributed by atoms with van der Waals surface area (Å²) in [6.07, 6.45) is 0.263. The number of aromatic nitrogens is 2. The summed E-state index contributed by atoms with van der Waals surface area (Å²) < 4.78 is 49.2. The number of nitrogens with one attached hydrogen (secondary N) is 2. The molecule has 1 atom stereocenters. The zero-order chi connectivity index (χ0) is 30.3. The SMILES string of the molecule is CSc1sc(C(=N)NC(=O)OC(C)(C)C)cc1S(=O)(=O)c1cc(Br)c2ncn(C(c3ccccc3F)[N+](=O)[O-])c2c1. The highest BCUT2D eigenvalue weighted by atomic mass is 79.9. The van der Waals surface area contributed by atoms with Gasteiger partial charge in [-0.15, -0.1) is 23.1 Å². The van der Waals surface area contributed by atoms with Gasteiger partial charge in [0.25, 0.3) is 0 Å². The first-order valence-corrected chi connectivity index (χ1v) is 16.0. The molecule has 0 aliphatic carbocycles. The van der Waals surface area contributed by atoms with Crippen LogP contribution in [0.3, 0.4) is 0 Å². The van der Waals surface area contributed by atoms with Crippen molar-refractivity contribution in [1.29, 1.82) is 5.41 Å². The number of fused-ring (bicyclic) bond motifs is 1. The standard InChI is InChI=1S/C25H23BrFN5O6S3/c1-25(2,3)38-24(33)30-21(28)18-11-19(23(39-4)40-18)41(36,37)13-9-15(26)20-17(10-13)31(12-29-20)22(32(34)35)14-7-5-6-8-16(14)27/h5-12,22H,1-4H3,(H2,28,30,33). The van der Waals surface area contributed by atoms with Crippen molar-refractivity contribution in [1.82, 2.24) is 14.9 Å². The molecular formula is C25H23BrFN5O6S3. The molecule has 0 fully saturated rings. The molecule has 1 amide bonds. The monoisotopic (exact) mass is 683 g/mol. The number of thiophene rings is 1. The zero-order valence-corrected chi connectivity index (χ0v) is 26.0. The Morgan fingerprint density at radius 1 is 1.29 bits per heavy atom. The van der Waals surface area contributed by atoms with Crippen LogP contribution in [0.25, 0.3) is 11.0 Å². The molecule has 4 aromatic rings. The Kier molecular flexibility index (Phi) is 8.59. The van der Waals surface area contributed by atoms with Crippen molar-refractivity contribution in [2.24, 2.45) is 0 Å². The quantitative estimate of drug-likeness (QED) is 0.0763. The van der Waals surface area contributed by atoms with E-state index in [-0.39, 0.29) is 41.6 Å². The molecule has 2 heterocycles. The molecule has 1 unspecified atom stereocenters. The molecule has 2 aromatic carbocycles. The minimum absolute atomic E-state index is 0.0865. The van der Waals surface area contributed by atoms with E-state index < -0.39 is 38.4 Å².